The Labute approximate surface area is 319 Å². The molecule has 11 nitrogen and oxygen atoms in total. The lowest BCUT2D eigenvalue weighted by Gasteiger charge is -2.37. The van der Waals surface area contributed by atoms with Gasteiger partial charge in [0.15, 0.2) is 5.60 Å². The molecule has 2 unspecified atom stereocenters. The van der Waals surface area contributed by atoms with Crippen molar-refractivity contribution in [2.75, 3.05) is 55.4 Å². The molecule has 0 aliphatic carbocycles. The van der Waals surface area contributed by atoms with Crippen LogP contribution in [0.1, 0.15) is 50.2 Å². The summed E-state index contributed by atoms with van der Waals surface area (Å²) in [6.07, 6.45) is 3.68. The number of hydrogen-bond acceptors (Lipinski definition) is 8. The average Bonchev–Trinajstić information content (AvgIpc) is 3.62. The number of aliphatic hydroxyl groups excluding tert-OH is 1. The predicted molar refractivity (Wildman–Crippen MR) is 214 cm³/mol. The number of nitrogens with zero attached hydrogens (tertiary/aromatic N) is 1. The highest BCUT2D eigenvalue weighted by Crippen LogP contribution is 2.60. The van der Waals surface area contributed by atoms with Crippen LogP contribution >= 0.6 is 0 Å². The first-order chi connectivity index (χ1) is 26.1. The van der Waals surface area contributed by atoms with Gasteiger partial charge >= 0.3 is 0 Å². The summed E-state index contributed by atoms with van der Waals surface area (Å²) >= 11 is 0. The zero-order chi connectivity index (χ0) is 38.0. The fraction of sp³-hybridized carbons (Fsp3) is 0.500. The van der Waals surface area contributed by atoms with Crippen molar-refractivity contribution >= 4 is 48.0 Å². The monoisotopic (exact) mass is 753 g/mol. The van der Waals surface area contributed by atoms with Gasteiger partial charge in [-0.25, -0.2) is 0 Å². The van der Waals surface area contributed by atoms with E-state index < -0.39 is 13.7 Å². The molecular weight excluding hydrogens is 699 g/mol. The molecule has 5 N–H and O–H groups in total. The van der Waals surface area contributed by atoms with E-state index in [0.29, 0.717) is 31.7 Å². The second kappa shape index (κ2) is 16.0. The minimum absolute atomic E-state index is 0.0105. The van der Waals surface area contributed by atoms with Crippen molar-refractivity contribution in [3.8, 4) is 5.75 Å². The second-order valence-electron chi connectivity index (χ2n) is 16.1. The molecule has 12 heteroatoms. The van der Waals surface area contributed by atoms with Crippen LogP contribution in [0.25, 0.3) is 0 Å². The highest BCUT2D eigenvalue weighted by Gasteiger charge is 2.66. The van der Waals surface area contributed by atoms with E-state index in [1.165, 1.54) is 5.19 Å². The summed E-state index contributed by atoms with van der Waals surface area (Å²) in [5.74, 6) is 0.215. The molecule has 1 spiro atoms. The molecule has 3 aromatic carbocycles. The molecule has 3 aromatic rings. The molecule has 4 aliphatic heterocycles. The summed E-state index contributed by atoms with van der Waals surface area (Å²) in [6.45, 7) is 10.2. The van der Waals surface area contributed by atoms with E-state index in [4.69, 9.17) is 9.47 Å². The van der Waals surface area contributed by atoms with E-state index in [2.05, 4.69) is 53.4 Å². The van der Waals surface area contributed by atoms with Gasteiger partial charge in [-0.05, 0) is 98.8 Å². The summed E-state index contributed by atoms with van der Waals surface area (Å²) < 4.78 is 12.6. The number of rotatable bonds is 11. The summed E-state index contributed by atoms with van der Waals surface area (Å²) in [5, 5.41) is 24.4. The Kier molecular flexibility index (Phi) is 11.3. The first kappa shape index (κ1) is 38.2. The van der Waals surface area contributed by atoms with Crippen LogP contribution in [0.3, 0.4) is 0 Å². The standard InChI is InChI=1S/C42H55N5O6Si/c1-27-38(54(3,4)34-16-14-33(52-2)15-17-34)37(19-22-48)53-42(27)35-23-32(46-40(50)30-8-6-21-44-25-30)13-18-36(35)47(41(42)51)26-28-9-11-31(12-10-28)45-39(49)29-7-5-20-43-24-29/h9-18,23,27,29-30,37-38,43-44,48H,5-8,19-22,24-26H2,1-4H3,(H,45,49)(H,46,50)/t27-,29?,30?,37+,38-,42+/m0/s1. The predicted octanol–water partition coefficient (Wildman–Crippen LogP) is 4.72. The lowest BCUT2D eigenvalue weighted by molar-refractivity contribution is -0.146. The zero-order valence-electron chi connectivity index (χ0n) is 32.0. The number of carbonyl (C=O) groups excluding carboxylic acids is 3. The molecule has 3 amide bonds. The quantitative estimate of drug-likeness (QED) is 0.178. The summed E-state index contributed by atoms with van der Waals surface area (Å²) in [5.41, 5.74) is 2.44. The zero-order valence-corrected chi connectivity index (χ0v) is 33.0. The van der Waals surface area contributed by atoms with Gasteiger partial charge in [-0.3, -0.25) is 14.4 Å². The van der Waals surface area contributed by atoms with Gasteiger partial charge in [0.2, 0.25) is 11.8 Å². The number of amides is 3. The Morgan fingerprint density at radius 2 is 1.54 bits per heavy atom. The summed E-state index contributed by atoms with van der Waals surface area (Å²) in [6, 6.07) is 21.7. The molecule has 7 rings (SSSR count). The van der Waals surface area contributed by atoms with Crippen LogP contribution in [0, 0.1) is 17.8 Å². The van der Waals surface area contributed by atoms with Crippen molar-refractivity contribution in [2.45, 2.75) is 75.9 Å². The normalized spacial score (nSPS) is 26.8. The second-order valence-corrected chi connectivity index (χ2v) is 20.7. The average molecular weight is 754 g/mol. The number of anilines is 3. The van der Waals surface area contributed by atoms with Crippen LogP contribution in [-0.2, 0) is 31.3 Å². The van der Waals surface area contributed by atoms with Crippen molar-refractivity contribution in [1.82, 2.24) is 10.6 Å². The van der Waals surface area contributed by atoms with E-state index in [-0.39, 0.29) is 53.7 Å². The number of benzene rings is 3. The van der Waals surface area contributed by atoms with Crippen LogP contribution in [0.5, 0.6) is 5.75 Å². The maximum Gasteiger partial charge on any atom is 0.264 e. The van der Waals surface area contributed by atoms with E-state index in [9.17, 15) is 14.7 Å². The Morgan fingerprint density at radius 3 is 2.11 bits per heavy atom. The van der Waals surface area contributed by atoms with Gasteiger partial charge in [0.25, 0.3) is 5.91 Å². The van der Waals surface area contributed by atoms with Gasteiger partial charge in [0, 0.05) is 42.6 Å². The van der Waals surface area contributed by atoms with Crippen LogP contribution in [-0.4, -0.2) is 76.9 Å². The first-order valence-electron chi connectivity index (χ1n) is 19.6. The molecule has 0 saturated carbocycles. The molecule has 288 valence electrons. The van der Waals surface area contributed by atoms with Crippen LogP contribution in [0.2, 0.25) is 18.6 Å². The molecule has 4 heterocycles. The molecule has 0 bridgehead atoms. The van der Waals surface area contributed by atoms with Gasteiger partial charge in [-0.1, -0.05) is 49.5 Å². The molecule has 4 aliphatic rings. The van der Waals surface area contributed by atoms with Gasteiger partial charge in [0.05, 0.1) is 45.4 Å². The minimum Gasteiger partial charge on any atom is -0.497 e. The fourth-order valence-electron chi connectivity index (χ4n) is 9.46. The lowest BCUT2D eigenvalue weighted by Crippen LogP contribution is -2.51. The number of ether oxygens (including phenoxy) is 2. The number of hydrogen-bond donors (Lipinski definition) is 5. The Morgan fingerprint density at radius 1 is 0.926 bits per heavy atom. The summed E-state index contributed by atoms with van der Waals surface area (Å²) in [7, 11) is -0.700. The largest absolute Gasteiger partial charge is 0.497 e. The number of piperidine rings is 2. The molecule has 0 aromatic heterocycles. The lowest BCUT2D eigenvalue weighted by atomic mass is 9.82. The fourth-order valence-corrected chi connectivity index (χ4v) is 13.5. The van der Waals surface area contributed by atoms with Gasteiger partial charge in [0.1, 0.15) is 5.75 Å². The molecular formula is C42H55N5O6Si. The maximum atomic E-state index is 15.2. The van der Waals surface area contributed by atoms with Gasteiger partial charge in [-0.15, -0.1) is 0 Å². The third-order valence-electron chi connectivity index (χ3n) is 12.4. The van der Waals surface area contributed by atoms with E-state index in [1.807, 2.05) is 59.5 Å². The molecule has 3 fully saturated rings. The first-order valence-corrected chi connectivity index (χ1v) is 22.7. The highest BCUT2D eigenvalue weighted by molar-refractivity contribution is 6.91. The third-order valence-corrected chi connectivity index (χ3v) is 16.8. The Hall–Kier alpha value is -4.07. The molecule has 6 atom stereocenters. The van der Waals surface area contributed by atoms with Crippen LogP contribution in [0.4, 0.5) is 17.1 Å². The van der Waals surface area contributed by atoms with E-state index in [1.54, 1.807) is 7.11 Å². The topological polar surface area (TPSA) is 141 Å². The van der Waals surface area contributed by atoms with Crippen LogP contribution in [0.15, 0.2) is 66.7 Å². The van der Waals surface area contributed by atoms with Crippen molar-refractivity contribution in [2.24, 2.45) is 17.8 Å². The SMILES string of the molecule is COc1ccc([Si](C)(C)[C@@H]2[C@@H](CCO)O[C@]3(C(=O)N(Cc4ccc(NC(=O)C5CCCNC5)cc4)c4ccc(NC(=O)C5CCCNC5)cc43)[C@H]2C)cc1. The third kappa shape index (κ3) is 7.22. The molecule has 54 heavy (non-hydrogen) atoms. The molecule has 0 radical (unpaired) electrons. The Balaban J connectivity index is 1.22. The van der Waals surface area contributed by atoms with E-state index in [0.717, 1.165) is 67.0 Å². The van der Waals surface area contributed by atoms with E-state index >= 15 is 4.79 Å². The van der Waals surface area contributed by atoms with Crippen molar-refractivity contribution in [1.29, 1.82) is 0 Å². The van der Waals surface area contributed by atoms with Crippen molar-refractivity contribution in [3.05, 3.63) is 77.9 Å². The minimum atomic E-state index is -2.36. The number of fused-ring (bicyclic) bond motifs is 2. The smallest absolute Gasteiger partial charge is 0.264 e. The Bertz CT molecular complexity index is 1830. The maximum absolute atomic E-state index is 15.2. The van der Waals surface area contributed by atoms with Crippen molar-refractivity contribution in [3.63, 3.8) is 0 Å². The van der Waals surface area contributed by atoms with Gasteiger partial charge < -0.3 is 40.7 Å². The van der Waals surface area contributed by atoms with Crippen LogP contribution < -0.4 is 36.1 Å². The highest BCUT2D eigenvalue weighted by atomic mass is 28.3. The number of aliphatic hydroxyl groups is 1. The number of carbonyl (C=O) groups is 3. The number of nitrogens with one attached hydrogen (secondary N) is 4. The number of methoxy groups -OCH3 is 1. The van der Waals surface area contributed by atoms with Gasteiger partial charge in [-0.2, -0.15) is 0 Å². The van der Waals surface area contributed by atoms with Crippen molar-refractivity contribution < 1.29 is 29.0 Å². The summed E-state index contributed by atoms with van der Waals surface area (Å²) in [4.78, 5) is 43.3. The molecule has 3 saturated heterocycles.